The zero-order chi connectivity index (χ0) is 19.1. The Morgan fingerprint density at radius 1 is 1.12 bits per heavy atom. The number of carbonyl (C=O) groups excluding carboxylic acids is 2. The predicted molar refractivity (Wildman–Crippen MR) is 101 cm³/mol. The molecule has 0 radical (unpaired) electrons. The van der Waals surface area contributed by atoms with Crippen molar-refractivity contribution >= 4 is 40.5 Å². The fraction of sp³-hybridized carbons (Fsp3) is 0.222. The number of benzene rings is 2. The Morgan fingerprint density at radius 2 is 1.81 bits per heavy atom. The van der Waals surface area contributed by atoms with Crippen molar-refractivity contribution in [2.45, 2.75) is 26.2 Å². The number of non-ortho nitro benzene ring substituents is 1. The van der Waals surface area contributed by atoms with Crippen molar-refractivity contribution in [2.75, 3.05) is 10.6 Å². The number of nitro groups is 1. The molecule has 2 amide bonds. The number of nitro benzene ring substituents is 1. The van der Waals surface area contributed by atoms with E-state index in [0.717, 1.165) is 18.9 Å². The van der Waals surface area contributed by atoms with E-state index in [9.17, 15) is 19.7 Å². The van der Waals surface area contributed by atoms with E-state index in [1.807, 2.05) is 6.92 Å². The van der Waals surface area contributed by atoms with Gasteiger partial charge < -0.3 is 10.6 Å². The van der Waals surface area contributed by atoms with Crippen molar-refractivity contribution in [3.05, 3.63) is 63.2 Å². The van der Waals surface area contributed by atoms with Crippen molar-refractivity contribution < 1.29 is 14.5 Å². The van der Waals surface area contributed by atoms with Gasteiger partial charge in [-0.25, -0.2) is 0 Å². The summed E-state index contributed by atoms with van der Waals surface area (Å²) in [7, 11) is 0. The molecule has 0 atom stereocenters. The van der Waals surface area contributed by atoms with E-state index < -0.39 is 10.8 Å². The lowest BCUT2D eigenvalue weighted by Crippen LogP contribution is -2.14. The van der Waals surface area contributed by atoms with Gasteiger partial charge in [0.05, 0.1) is 15.5 Å². The van der Waals surface area contributed by atoms with E-state index in [1.54, 1.807) is 24.3 Å². The highest BCUT2D eigenvalue weighted by molar-refractivity contribution is 6.34. The van der Waals surface area contributed by atoms with Crippen LogP contribution in [0.25, 0.3) is 0 Å². The number of amides is 2. The molecule has 7 nitrogen and oxygen atoms in total. The molecule has 2 aromatic rings. The van der Waals surface area contributed by atoms with Gasteiger partial charge in [-0.05, 0) is 30.7 Å². The summed E-state index contributed by atoms with van der Waals surface area (Å²) in [5.41, 5.74) is 0.967. The molecule has 8 heteroatoms. The Labute approximate surface area is 155 Å². The van der Waals surface area contributed by atoms with Crippen LogP contribution in [0, 0.1) is 10.1 Å². The van der Waals surface area contributed by atoms with Gasteiger partial charge in [0.15, 0.2) is 0 Å². The van der Waals surface area contributed by atoms with Crippen molar-refractivity contribution in [1.29, 1.82) is 0 Å². The summed E-state index contributed by atoms with van der Waals surface area (Å²) < 4.78 is 0. The summed E-state index contributed by atoms with van der Waals surface area (Å²) in [6, 6.07) is 10.3. The summed E-state index contributed by atoms with van der Waals surface area (Å²) in [4.78, 5) is 34.3. The van der Waals surface area contributed by atoms with Crippen LogP contribution in [0.1, 0.15) is 36.5 Å². The molecule has 0 heterocycles. The van der Waals surface area contributed by atoms with Gasteiger partial charge in [0.25, 0.3) is 11.6 Å². The molecule has 0 aliphatic carbocycles. The molecule has 0 saturated heterocycles. The molecule has 0 fully saturated rings. The number of nitrogens with one attached hydrogen (secondary N) is 2. The quantitative estimate of drug-likeness (QED) is 0.544. The number of carbonyl (C=O) groups is 2. The highest BCUT2D eigenvalue weighted by Gasteiger charge is 2.15. The molecule has 0 spiro atoms. The first-order valence-corrected chi connectivity index (χ1v) is 8.43. The van der Waals surface area contributed by atoms with E-state index in [-0.39, 0.29) is 22.2 Å². The van der Waals surface area contributed by atoms with Gasteiger partial charge in [-0.3, -0.25) is 19.7 Å². The van der Waals surface area contributed by atoms with Crippen molar-refractivity contribution in [2.24, 2.45) is 0 Å². The fourth-order valence-corrected chi connectivity index (χ4v) is 2.50. The van der Waals surface area contributed by atoms with Gasteiger partial charge in [-0.15, -0.1) is 0 Å². The zero-order valence-electron chi connectivity index (χ0n) is 14.1. The predicted octanol–water partition coefficient (Wildman–Crippen LogP) is 4.63. The molecule has 0 aliphatic heterocycles. The van der Waals surface area contributed by atoms with Crippen LogP contribution in [0.3, 0.4) is 0 Å². The highest BCUT2D eigenvalue weighted by Crippen LogP contribution is 2.24. The third-order valence-electron chi connectivity index (χ3n) is 3.57. The second-order valence-corrected chi connectivity index (χ2v) is 6.02. The maximum absolute atomic E-state index is 12.3. The molecule has 0 aromatic heterocycles. The van der Waals surface area contributed by atoms with E-state index in [4.69, 9.17) is 11.6 Å². The maximum Gasteiger partial charge on any atom is 0.270 e. The van der Waals surface area contributed by atoms with E-state index in [0.29, 0.717) is 17.8 Å². The van der Waals surface area contributed by atoms with Gasteiger partial charge in [-0.2, -0.15) is 0 Å². The third-order valence-corrected chi connectivity index (χ3v) is 3.88. The normalized spacial score (nSPS) is 10.2. The van der Waals surface area contributed by atoms with Gasteiger partial charge in [0, 0.05) is 29.9 Å². The average Bonchev–Trinajstić information content (AvgIpc) is 2.60. The van der Waals surface area contributed by atoms with Crippen molar-refractivity contribution in [1.82, 2.24) is 0 Å². The molecule has 0 aliphatic rings. The number of nitrogens with zero attached hydrogens (tertiary/aromatic N) is 1. The van der Waals surface area contributed by atoms with Crippen LogP contribution < -0.4 is 10.6 Å². The molecule has 26 heavy (non-hydrogen) atoms. The number of rotatable bonds is 7. The monoisotopic (exact) mass is 375 g/mol. The second-order valence-electron chi connectivity index (χ2n) is 5.61. The first-order chi connectivity index (χ1) is 12.4. The largest absolute Gasteiger partial charge is 0.326 e. The fourth-order valence-electron chi connectivity index (χ4n) is 2.24. The van der Waals surface area contributed by atoms with Gasteiger partial charge in [-0.1, -0.05) is 31.0 Å². The van der Waals surface area contributed by atoms with Crippen LogP contribution in [0.4, 0.5) is 17.1 Å². The smallest absolute Gasteiger partial charge is 0.270 e. The first-order valence-electron chi connectivity index (χ1n) is 8.06. The molecule has 2 rings (SSSR count). The molecule has 136 valence electrons. The summed E-state index contributed by atoms with van der Waals surface area (Å²) >= 11 is 5.96. The summed E-state index contributed by atoms with van der Waals surface area (Å²) in [5.74, 6) is -0.590. The molecular formula is C18H18ClN3O4. The second kappa shape index (κ2) is 8.96. The number of hydrogen-bond acceptors (Lipinski definition) is 4. The van der Waals surface area contributed by atoms with Crippen molar-refractivity contribution in [3.8, 4) is 0 Å². The average molecular weight is 376 g/mol. The molecule has 2 aromatic carbocycles. The van der Waals surface area contributed by atoms with E-state index in [1.165, 1.54) is 12.1 Å². The van der Waals surface area contributed by atoms with Crippen LogP contribution in [0.2, 0.25) is 5.02 Å². The Bertz CT molecular complexity index is 839. The van der Waals surface area contributed by atoms with Crippen LogP contribution >= 0.6 is 11.6 Å². The lowest BCUT2D eigenvalue weighted by Gasteiger charge is -2.09. The summed E-state index contributed by atoms with van der Waals surface area (Å²) in [5, 5.41) is 16.1. The molecular weight excluding hydrogens is 358 g/mol. The van der Waals surface area contributed by atoms with Crippen molar-refractivity contribution in [3.63, 3.8) is 0 Å². The summed E-state index contributed by atoms with van der Waals surface area (Å²) in [6.45, 7) is 2.01. The lowest BCUT2D eigenvalue weighted by atomic mass is 10.2. The highest BCUT2D eigenvalue weighted by atomic mass is 35.5. The Hall–Kier alpha value is -2.93. The SMILES string of the molecule is CCCCC(=O)Nc1cccc(NC(=O)c2ccc([N+](=O)[O-])cc2Cl)c1. The number of hydrogen-bond donors (Lipinski definition) is 2. The molecule has 2 N–H and O–H groups in total. The van der Waals surface area contributed by atoms with Crippen LogP contribution in [0.5, 0.6) is 0 Å². The Balaban J connectivity index is 2.08. The number of halogens is 1. The first kappa shape index (κ1) is 19.4. The van der Waals surface area contributed by atoms with Gasteiger partial charge in [0.1, 0.15) is 0 Å². The minimum absolute atomic E-state index is 0.0132. The zero-order valence-corrected chi connectivity index (χ0v) is 14.9. The van der Waals surface area contributed by atoms with Gasteiger partial charge in [0.2, 0.25) is 5.91 Å². The lowest BCUT2D eigenvalue weighted by molar-refractivity contribution is -0.384. The van der Waals surface area contributed by atoms with Gasteiger partial charge >= 0.3 is 0 Å². The number of anilines is 2. The topological polar surface area (TPSA) is 101 Å². The molecule has 0 unspecified atom stereocenters. The third kappa shape index (κ3) is 5.29. The van der Waals surface area contributed by atoms with E-state index in [2.05, 4.69) is 10.6 Å². The minimum atomic E-state index is -0.585. The van der Waals surface area contributed by atoms with E-state index >= 15 is 0 Å². The summed E-state index contributed by atoms with van der Waals surface area (Å²) in [6.07, 6.45) is 2.17. The number of unbranched alkanes of at least 4 members (excludes halogenated alkanes) is 1. The minimum Gasteiger partial charge on any atom is -0.326 e. The van der Waals surface area contributed by atoms with Crippen LogP contribution in [-0.2, 0) is 4.79 Å². The Kier molecular flexibility index (Phi) is 6.68. The maximum atomic E-state index is 12.3. The standard InChI is InChI=1S/C18H18ClN3O4/c1-2-3-7-17(23)20-12-5-4-6-13(10-12)21-18(24)15-9-8-14(22(25)26)11-16(15)19/h4-6,8-11H,2-3,7H2,1H3,(H,20,23)(H,21,24). The molecule has 0 saturated carbocycles. The Morgan fingerprint density at radius 3 is 2.42 bits per heavy atom. The van der Waals surface area contributed by atoms with Crippen LogP contribution in [0.15, 0.2) is 42.5 Å². The van der Waals surface area contributed by atoms with Crippen LogP contribution in [-0.4, -0.2) is 16.7 Å². The molecule has 0 bridgehead atoms.